The van der Waals surface area contributed by atoms with Crippen LogP contribution in [0.15, 0.2) is 47.8 Å². The second-order valence-electron chi connectivity index (χ2n) is 5.45. The standard InChI is InChI=1S/C17H19N3O2S/c1-13-7-9-18-17(19-13)23-12-16(21)20-10-8-15(11-20)22-14-5-3-2-4-6-14/h2-7,9,15H,8,10-12H2,1H3/t15-/m1/s1. The van der Waals surface area contributed by atoms with E-state index in [-0.39, 0.29) is 12.0 Å². The van der Waals surface area contributed by atoms with Gasteiger partial charge in [0.1, 0.15) is 11.9 Å². The third-order valence-corrected chi connectivity index (χ3v) is 4.49. The highest BCUT2D eigenvalue weighted by Gasteiger charge is 2.27. The first-order valence-electron chi connectivity index (χ1n) is 7.62. The summed E-state index contributed by atoms with van der Waals surface area (Å²) in [5, 5.41) is 0.648. The Kier molecular flexibility index (Phi) is 5.12. The van der Waals surface area contributed by atoms with Crippen LogP contribution in [0.25, 0.3) is 0 Å². The van der Waals surface area contributed by atoms with Gasteiger partial charge in [-0.25, -0.2) is 9.97 Å². The summed E-state index contributed by atoms with van der Waals surface area (Å²) in [4.78, 5) is 22.6. The lowest BCUT2D eigenvalue weighted by atomic mass is 10.3. The minimum absolute atomic E-state index is 0.0709. The number of aromatic nitrogens is 2. The molecule has 0 unspecified atom stereocenters. The largest absolute Gasteiger partial charge is 0.489 e. The Morgan fingerprint density at radius 2 is 2.17 bits per heavy atom. The van der Waals surface area contributed by atoms with E-state index in [4.69, 9.17) is 4.74 Å². The van der Waals surface area contributed by atoms with Crippen LogP contribution in [-0.2, 0) is 4.79 Å². The minimum Gasteiger partial charge on any atom is -0.489 e. The molecule has 1 aliphatic rings. The minimum atomic E-state index is 0.0709. The van der Waals surface area contributed by atoms with Gasteiger partial charge < -0.3 is 9.64 Å². The Morgan fingerprint density at radius 3 is 2.96 bits per heavy atom. The molecule has 1 aromatic heterocycles. The van der Waals surface area contributed by atoms with Gasteiger partial charge in [0.15, 0.2) is 5.16 Å². The second-order valence-corrected chi connectivity index (χ2v) is 6.39. The fraction of sp³-hybridized carbons (Fsp3) is 0.353. The molecule has 1 aliphatic heterocycles. The maximum absolute atomic E-state index is 12.3. The Labute approximate surface area is 140 Å². The van der Waals surface area contributed by atoms with Gasteiger partial charge in [-0.2, -0.15) is 0 Å². The number of hydrogen-bond donors (Lipinski definition) is 0. The van der Waals surface area contributed by atoms with E-state index >= 15 is 0 Å². The van der Waals surface area contributed by atoms with Crippen LogP contribution in [0.1, 0.15) is 12.1 Å². The first-order chi connectivity index (χ1) is 11.2. The molecule has 6 heteroatoms. The number of carbonyl (C=O) groups excluding carboxylic acids is 1. The first-order valence-corrected chi connectivity index (χ1v) is 8.61. The summed E-state index contributed by atoms with van der Waals surface area (Å²) >= 11 is 1.38. The van der Waals surface area contributed by atoms with Crippen molar-refractivity contribution in [1.29, 1.82) is 0 Å². The molecule has 1 aromatic carbocycles. The van der Waals surface area contributed by atoms with Gasteiger partial charge in [-0.1, -0.05) is 30.0 Å². The van der Waals surface area contributed by atoms with Gasteiger partial charge in [-0.3, -0.25) is 4.79 Å². The van der Waals surface area contributed by atoms with Gasteiger partial charge in [-0.15, -0.1) is 0 Å². The average Bonchev–Trinajstić information content (AvgIpc) is 3.02. The van der Waals surface area contributed by atoms with Crippen molar-refractivity contribution in [3.63, 3.8) is 0 Å². The van der Waals surface area contributed by atoms with Crippen molar-refractivity contribution in [2.45, 2.75) is 24.6 Å². The smallest absolute Gasteiger partial charge is 0.233 e. The number of para-hydroxylation sites is 1. The number of likely N-dealkylation sites (tertiary alicyclic amines) is 1. The van der Waals surface area contributed by atoms with E-state index in [0.29, 0.717) is 17.5 Å². The number of aryl methyl sites for hydroxylation is 1. The molecular weight excluding hydrogens is 310 g/mol. The summed E-state index contributed by atoms with van der Waals surface area (Å²) in [6, 6.07) is 11.6. The van der Waals surface area contributed by atoms with Gasteiger partial charge in [0.25, 0.3) is 0 Å². The maximum Gasteiger partial charge on any atom is 0.233 e. The number of carbonyl (C=O) groups is 1. The summed E-state index contributed by atoms with van der Waals surface area (Å²) in [5.74, 6) is 1.33. The molecule has 0 bridgehead atoms. The van der Waals surface area contributed by atoms with Crippen molar-refractivity contribution in [1.82, 2.24) is 14.9 Å². The third-order valence-electron chi connectivity index (χ3n) is 3.64. The van der Waals surface area contributed by atoms with Gasteiger partial charge in [0.05, 0.1) is 12.3 Å². The second kappa shape index (κ2) is 7.46. The van der Waals surface area contributed by atoms with Crippen molar-refractivity contribution < 1.29 is 9.53 Å². The number of thioether (sulfide) groups is 1. The highest BCUT2D eigenvalue weighted by Crippen LogP contribution is 2.20. The number of amides is 1. The van der Waals surface area contributed by atoms with E-state index < -0.39 is 0 Å². The van der Waals surface area contributed by atoms with Crippen LogP contribution >= 0.6 is 11.8 Å². The van der Waals surface area contributed by atoms with Crippen molar-refractivity contribution >= 4 is 17.7 Å². The molecule has 1 atom stereocenters. The zero-order valence-electron chi connectivity index (χ0n) is 13.0. The number of benzene rings is 1. The Balaban J connectivity index is 1.47. The molecular formula is C17H19N3O2S. The molecule has 0 N–H and O–H groups in total. The fourth-order valence-corrected chi connectivity index (χ4v) is 3.23. The van der Waals surface area contributed by atoms with Crippen LogP contribution in [0.5, 0.6) is 5.75 Å². The van der Waals surface area contributed by atoms with E-state index in [2.05, 4.69) is 9.97 Å². The lowest BCUT2D eigenvalue weighted by molar-refractivity contribution is -0.127. The zero-order chi connectivity index (χ0) is 16.1. The van der Waals surface area contributed by atoms with Crippen LogP contribution in [0.2, 0.25) is 0 Å². The Morgan fingerprint density at radius 1 is 1.35 bits per heavy atom. The number of ether oxygens (including phenoxy) is 1. The molecule has 5 nitrogen and oxygen atoms in total. The maximum atomic E-state index is 12.3. The van der Waals surface area contributed by atoms with Crippen molar-refractivity contribution in [3.8, 4) is 5.75 Å². The van der Waals surface area contributed by atoms with E-state index in [0.717, 1.165) is 24.4 Å². The number of hydrogen-bond acceptors (Lipinski definition) is 5. The van der Waals surface area contributed by atoms with Crippen molar-refractivity contribution in [3.05, 3.63) is 48.3 Å². The molecule has 2 heterocycles. The van der Waals surface area contributed by atoms with Crippen LogP contribution in [-0.4, -0.2) is 45.7 Å². The third kappa shape index (κ3) is 4.45. The zero-order valence-corrected chi connectivity index (χ0v) is 13.8. The van der Waals surface area contributed by atoms with Crippen LogP contribution in [0.4, 0.5) is 0 Å². The molecule has 2 aromatic rings. The highest BCUT2D eigenvalue weighted by molar-refractivity contribution is 7.99. The molecule has 23 heavy (non-hydrogen) atoms. The lowest BCUT2D eigenvalue weighted by Gasteiger charge is -2.17. The van der Waals surface area contributed by atoms with Crippen molar-refractivity contribution in [2.24, 2.45) is 0 Å². The van der Waals surface area contributed by atoms with Gasteiger partial charge in [0.2, 0.25) is 5.91 Å². The highest BCUT2D eigenvalue weighted by atomic mass is 32.2. The Hall–Kier alpha value is -2.08. The molecule has 3 rings (SSSR count). The molecule has 0 spiro atoms. The predicted molar refractivity (Wildman–Crippen MR) is 89.5 cm³/mol. The monoisotopic (exact) mass is 329 g/mol. The Bertz CT molecular complexity index is 666. The molecule has 1 saturated heterocycles. The van der Waals surface area contributed by atoms with Gasteiger partial charge in [0, 0.05) is 24.9 Å². The molecule has 1 fully saturated rings. The molecule has 0 radical (unpaired) electrons. The van der Waals surface area contributed by atoms with Gasteiger partial charge >= 0.3 is 0 Å². The first kappa shape index (κ1) is 15.8. The lowest BCUT2D eigenvalue weighted by Crippen LogP contribution is -2.32. The van der Waals surface area contributed by atoms with Crippen molar-refractivity contribution in [2.75, 3.05) is 18.8 Å². The summed E-state index contributed by atoms with van der Waals surface area (Å²) in [5.41, 5.74) is 0.910. The predicted octanol–water partition coefficient (Wildman–Crippen LogP) is 2.56. The molecule has 120 valence electrons. The summed E-state index contributed by atoms with van der Waals surface area (Å²) in [6.07, 6.45) is 2.66. The van der Waals surface area contributed by atoms with E-state index in [1.165, 1.54) is 11.8 Å². The number of nitrogens with zero attached hydrogens (tertiary/aromatic N) is 3. The average molecular weight is 329 g/mol. The topological polar surface area (TPSA) is 55.3 Å². The van der Waals surface area contributed by atoms with Crippen LogP contribution in [0.3, 0.4) is 0 Å². The molecule has 0 saturated carbocycles. The SMILES string of the molecule is Cc1ccnc(SCC(=O)N2CC[C@@H](Oc3ccccc3)C2)n1. The summed E-state index contributed by atoms with van der Waals surface area (Å²) in [7, 11) is 0. The summed E-state index contributed by atoms with van der Waals surface area (Å²) < 4.78 is 5.91. The quantitative estimate of drug-likeness (QED) is 0.623. The molecule has 1 amide bonds. The van der Waals surface area contributed by atoms with Crippen LogP contribution < -0.4 is 4.74 Å². The van der Waals surface area contributed by atoms with Crippen LogP contribution in [0, 0.1) is 6.92 Å². The summed E-state index contributed by atoms with van der Waals surface area (Å²) in [6.45, 7) is 3.30. The molecule has 0 aliphatic carbocycles. The number of rotatable bonds is 5. The van der Waals surface area contributed by atoms with E-state index in [9.17, 15) is 4.79 Å². The normalized spacial score (nSPS) is 17.3. The van der Waals surface area contributed by atoms with E-state index in [1.54, 1.807) is 6.20 Å². The fourth-order valence-electron chi connectivity index (χ4n) is 2.46. The van der Waals surface area contributed by atoms with E-state index in [1.807, 2.05) is 48.2 Å². The van der Waals surface area contributed by atoms with Gasteiger partial charge in [-0.05, 0) is 25.1 Å².